The average molecular weight is 248 g/mol. The molecule has 0 amide bonds. The minimum atomic E-state index is -0.320. The summed E-state index contributed by atoms with van der Waals surface area (Å²) in [5.74, 6) is -0.320. The van der Waals surface area contributed by atoms with Gasteiger partial charge >= 0.3 is 23.1 Å². The van der Waals surface area contributed by atoms with E-state index in [4.69, 9.17) is 11.6 Å². The summed E-state index contributed by atoms with van der Waals surface area (Å²) in [6.45, 7) is 3.42. The molecule has 0 fully saturated rings. The second kappa shape index (κ2) is 6.11. The third-order valence-electron chi connectivity index (χ3n) is 1.01. The standard InChI is InChI=1S/C7H5ClF.BrH.Mg/c1-5-4-6(8)2-3-7(5)9;;/h2-4H,1H2;1H;/q-1;;+2/p-1. The average Bonchev–Trinajstić information content (AvgIpc) is 1.80. The minimum absolute atomic E-state index is 0. The van der Waals surface area contributed by atoms with E-state index in [2.05, 4.69) is 6.92 Å². The Kier molecular flexibility index (Phi) is 7.84. The molecule has 1 aromatic rings. The number of rotatable bonds is 0. The summed E-state index contributed by atoms with van der Waals surface area (Å²) in [5.41, 5.74) is 0.336. The minimum Gasteiger partial charge on any atom is -1.00 e. The first-order chi connectivity index (χ1) is 4.20. The van der Waals surface area contributed by atoms with Crippen molar-refractivity contribution in [3.05, 3.63) is 41.5 Å². The van der Waals surface area contributed by atoms with Crippen LogP contribution in [-0.4, -0.2) is 23.1 Å². The van der Waals surface area contributed by atoms with Crippen molar-refractivity contribution in [2.75, 3.05) is 0 Å². The molecule has 0 N–H and O–H groups in total. The Morgan fingerprint density at radius 1 is 1.36 bits per heavy atom. The van der Waals surface area contributed by atoms with Crippen LogP contribution in [0, 0.1) is 12.7 Å². The number of hydrogen-bond donors (Lipinski definition) is 0. The molecule has 0 spiro atoms. The molecule has 0 atom stereocenters. The smallest absolute Gasteiger partial charge is 1.00 e. The summed E-state index contributed by atoms with van der Waals surface area (Å²) in [6.07, 6.45) is 0. The molecule has 4 heteroatoms. The number of benzene rings is 1. The van der Waals surface area contributed by atoms with Crippen molar-refractivity contribution in [3.63, 3.8) is 0 Å². The van der Waals surface area contributed by atoms with Gasteiger partial charge in [0.05, 0.1) is 0 Å². The van der Waals surface area contributed by atoms with Crippen LogP contribution in [0.15, 0.2) is 18.2 Å². The quantitative estimate of drug-likeness (QED) is 0.420. The van der Waals surface area contributed by atoms with Crippen LogP contribution in [0.25, 0.3) is 0 Å². The van der Waals surface area contributed by atoms with Gasteiger partial charge in [-0.1, -0.05) is 23.7 Å². The van der Waals surface area contributed by atoms with E-state index >= 15 is 0 Å². The monoisotopic (exact) mass is 246 g/mol. The van der Waals surface area contributed by atoms with Crippen molar-refractivity contribution < 1.29 is 21.4 Å². The molecule has 0 aliphatic heterocycles. The van der Waals surface area contributed by atoms with Crippen LogP contribution in [0.5, 0.6) is 0 Å². The molecule has 1 aromatic carbocycles. The second-order valence-corrected chi connectivity index (χ2v) is 2.17. The zero-order valence-corrected chi connectivity index (χ0v) is 9.54. The van der Waals surface area contributed by atoms with Gasteiger partial charge < -0.3 is 17.0 Å². The van der Waals surface area contributed by atoms with Gasteiger partial charge in [-0.25, -0.2) is 0 Å². The predicted molar refractivity (Wildman–Crippen MR) is 41.6 cm³/mol. The third-order valence-corrected chi connectivity index (χ3v) is 1.24. The maximum Gasteiger partial charge on any atom is 2.00 e. The Morgan fingerprint density at radius 2 is 1.91 bits per heavy atom. The molecule has 1 rings (SSSR count). The largest absolute Gasteiger partial charge is 2.00 e. The molecule has 0 unspecified atom stereocenters. The van der Waals surface area contributed by atoms with Gasteiger partial charge in [0.1, 0.15) is 0 Å². The number of halogens is 3. The van der Waals surface area contributed by atoms with Gasteiger partial charge in [0.25, 0.3) is 0 Å². The first-order valence-electron chi connectivity index (χ1n) is 2.47. The van der Waals surface area contributed by atoms with E-state index in [1.165, 1.54) is 18.2 Å². The van der Waals surface area contributed by atoms with Gasteiger partial charge in [0, 0.05) is 5.82 Å². The fourth-order valence-corrected chi connectivity index (χ4v) is 0.738. The zero-order chi connectivity index (χ0) is 6.85. The van der Waals surface area contributed by atoms with E-state index in [0.29, 0.717) is 10.6 Å². The van der Waals surface area contributed by atoms with E-state index < -0.39 is 0 Å². The van der Waals surface area contributed by atoms with Crippen LogP contribution in [0.3, 0.4) is 0 Å². The van der Waals surface area contributed by atoms with Crippen molar-refractivity contribution in [2.24, 2.45) is 0 Å². The molecule has 0 aliphatic carbocycles. The van der Waals surface area contributed by atoms with Gasteiger partial charge in [0.2, 0.25) is 0 Å². The van der Waals surface area contributed by atoms with E-state index in [9.17, 15) is 4.39 Å². The van der Waals surface area contributed by atoms with Crippen LogP contribution in [-0.2, 0) is 0 Å². The molecule has 0 saturated carbocycles. The first-order valence-corrected chi connectivity index (χ1v) is 2.85. The zero-order valence-electron chi connectivity index (χ0n) is 5.78. The van der Waals surface area contributed by atoms with Gasteiger partial charge in [-0.15, -0.1) is 6.07 Å². The van der Waals surface area contributed by atoms with E-state index in [0.717, 1.165) is 0 Å². The van der Waals surface area contributed by atoms with Gasteiger partial charge in [0.15, 0.2) is 0 Å². The molecule has 11 heavy (non-hydrogen) atoms. The molecular formula is C7H5BrClFMg. The molecule has 56 valence electrons. The Bertz CT molecular complexity index is 230. The summed E-state index contributed by atoms with van der Waals surface area (Å²) >= 11 is 5.51. The van der Waals surface area contributed by atoms with Gasteiger partial charge in [-0.2, -0.15) is 12.5 Å². The molecule has 0 aromatic heterocycles. The summed E-state index contributed by atoms with van der Waals surface area (Å²) in [6, 6.07) is 4.27. The van der Waals surface area contributed by atoms with Gasteiger partial charge in [-0.05, 0) is 5.02 Å². The fourth-order valence-electron chi connectivity index (χ4n) is 0.543. The summed E-state index contributed by atoms with van der Waals surface area (Å²) < 4.78 is 12.4. The van der Waals surface area contributed by atoms with E-state index in [-0.39, 0.29) is 45.9 Å². The molecule has 0 nitrogen and oxygen atoms in total. The van der Waals surface area contributed by atoms with Crippen LogP contribution < -0.4 is 17.0 Å². The summed E-state index contributed by atoms with van der Waals surface area (Å²) in [7, 11) is 0. The normalized spacial score (nSPS) is 7.82. The predicted octanol–water partition coefficient (Wildman–Crippen LogP) is -0.716. The van der Waals surface area contributed by atoms with Crippen molar-refractivity contribution in [1.29, 1.82) is 0 Å². The Morgan fingerprint density at radius 3 is 2.27 bits per heavy atom. The Hall–Kier alpha value is 0.556. The first kappa shape index (κ1) is 14.1. The molecule has 0 heterocycles. The maximum absolute atomic E-state index is 12.4. The maximum atomic E-state index is 12.4. The Balaban J connectivity index is 0. The van der Waals surface area contributed by atoms with Crippen molar-refractivity contribution >= 4 is 34.7 Å². The van der Waals surface area contributed by atoms with Crippen LogP contribution in [0.2, 0.25) is 5.02 Å². The van der Waals surface area contributed by atoms with Gasteiger partial charge in [-0.3, -0.25) is 4.39 Å². The topological polar surface area (TPSA) is 0 Å². The van der Waals surface area contributed by atoms with E-state index in [1.54, 1.807) is 0 Å². The fraction of sp³-hybridized carbons (Fsp3) is 0. The SMILES string of the molecule is [Br-].[CH2-]c1cc(Cl)ccc1F.[Mg+2]. The molecule has 0 saturated heterocycles. The number of hydrogen-bond acceptors (Lipinski definition) is 0. The molecule has 0 radical (unpaired) electrons. The molecule has 0 bridgehead atoms. The van der Waals surface area contributed by atoms with Crippen LogP contribution in [0.4, 0.5) is 4.39 Å². The van der Waals surface area contributed by atoms with Crippen molar-refractivity contribution in [3.8, 4) is 0 Å². The van der Waals surface area contributed by atoms with Crippen LogP contribution >= 0.6 is 11.6 Å². The molecular weight excluding hydrogens is 243 g/mol. The summed E-state index contributed by atoms with van der Waals surface area (Å²) in [5, 5.41) is 0.515. The van der Waals surface area contributed by atoms with Crippen molar-refractivity contribution in [2.45, 2.75) is 0 Å². The summed E-state index contributed by atoms with van der Waals surface area (Å²) in [4.78, 5) is 0. The molecule has 0 aliphatic rings. The third kappa shape index (κ3) is 4.21. The van der Waals surface area contributed by atoms with Crippen molar-refractivity contribution in [1.82, 2.24) is 0 Å². The second-order valence-electron chi connectivity index (χ2n) is 1.74. The Labute approximate surface area is 97.0 Å². The van der Waals surface area contributed by atoms with Crippen LogP contribution in [0.1, 0.15) is 5.56 Å². The van der Waals surface area contributed by atoms with E-state index in [1.807, 2.05) is 0 Å².